The largest absolute Gasteiger partial charge is 0.493 e. The third kappa shape index (κ3) is 4.41. The Morgan fingerprint density at radius 2 is 1.41 bits per heavy atom. The maximum absolute atomic E-state index is 13.4. The molecule has 0 bridgehead atoms. The molecule has 3 rings (SSSR count). The van der Waals surface area contributed by atoms with E-state index in [1.165, 1.54) is 32.4 Å². The van der Waals surface area contributed by atoms with Crippen molar-refractivity contribution >= 4 is 15.9 Å². The van der Waals surface area contributed by atoms with Crippen molar-refractivity contribution in [1.29, 1.82) is 0 Å². The van der Waals surface area contributed by atoms with Crippen LogP contribution in [-0.2, 0) is 16.6 Å². The number of methoxy groups -OCH3 is 2. The Balaban J connectivity index is 2.08. The Bertz CT molecular complexity index is 1080. The summed E-state index contributed by atoms with van der Waals surface area (Å²) in [6.07, 6.45) is 0. The number of carbonyl (C=O) groups is 1. The molecule has 0 aromatic heterocycles. The van der Waals surface area contributed by atoms with Crippen LogP contribution >= 0.6 is 0 Å². The van der Waals surface area contributed by atoms with E-state index in [1.807, 2.05) is 6.07 Å². The molecule has 0 atom stereocenters. The number of sulfonamides is 1. The molecule has 0 spiro atoms. The minimum absolute atomic E-state index is 0.0598. The molecule has 0 fully saturated rings. The van der Waals surface area contributed by atoms with Gasteiger partial charge in [-0.1, -0.05) is 48.5 Å². The summed E-state index contributed by atoms with van der Waals surface area (Å²) in [7, 11) is -1.27. The SMILES string of the molecule is COc1ccc(S(=O)(=O)N(Cc2ccccc2)C(=O)c2ccccc2)cc1OC. The molecular weight excluding hydrogens is 390 g/mol. The first-order chi connectivity index (χ1) is 14.0. The number of amides is 1. The van der Waals surface area contributed by atoms with Crippen LogP contribution in [0.15, 0.2) is 83.8 Å². The van der Waals surface area contributed by atoms with Gasteiger partial charge in [0.25, 0.3) is 15.9 Å². The summed E-state index contributed by atoms with van der Waals surface area (Å²) in [4.78, 5) is 13.1. The molecule has 1 amide bonds. The molecule has 6 nitrogen and oxygen atoms in total. The minimum atomic E-state index is -4.16. The molecule has 150 valence electrons. The number of rotatable bonds is 7. The fourth-order valence-corrected chi connectivity index (χ4v) is 4.24. The molecule has 0 aliphatic carbocycles. The molecule has 0 heterocycles. The lowest BCUT2D eigenvalue weighted by Crippen LogP contribution is -2.36. The Hall–Kier alpha value is -3.32. The van der Waals surface area contributed by atoms with Gasteiger partial charge in [0, 0.05) is 11.6 Å². The molecule has 0 N–H and O–H groups in total. The van der Waals surface area contributed by atoms with E-state index in [0.717, 1.165) is 4.31 Å². The van der Waals surface area contributed by atoms with Gasteiger partial charge in [-0.25, -0.2) is 12.7 Å². The van der Waals surface area contributed by atoms with Crippen LogP contribution in [0.25, 0.3) is 0 Å². The highest BCUT2D eigenvalue weighted by atomic mass is 32.2. The lowest BCUT2D eigenvalue weighted by Gasteiger charge is -2.23. The molecule has 3 aromatic carbocycles. The van der Waals surface area contributed by atoms with Crippen molar-refractivity contribution in [2.24, 2.45) is 0 Å². The van der Waals surface area contributed by atoms with Gasteiger partial charge in [-0.15, -0.1) is 0 Å². The van der Waals surface area contributed by atoms with Gasteiger partial charge in [-0.2, -0.15) is 0 Å². The van der Waals surface area contributed by atoms with Crippen molar-refractivity contribution in [3.8, 4) is 11.5 Å². The minimum Gasteiger partial charge on any atom is -0.493 e. The summed E-state index contributed by atoms with van der Waals surface area (Å²) >= 11 is 0. The van der Waals surface area contributed by atoms with Gasteiger partial charge >= 0.3 is 0 Å². The highest BCUT2D eigenvalue weighted by Crippen LogP contribution is 2.31. The van der Waals surface area contributed by atoms with Crippen molar-refractivity contribution in [2.45, 2.75) is 11.4 Å². The summed E-state index contributed by atoms with van der Waals surface area (Å²) in [5.41, 5.74) is 0.980. The summed E-state index contributed by atoms with van der Waals surface area (Å²) in [5, 5.41) is 0. The van der Waals surface area contributed by atoms with Crippen molar-refractivity contribution in [1.82, 2.24) is 4.31 Å². The molecule has 0 saturated heterocycles. The molecule has 0 aliphatic heterocycles. The summed E-state index contributed by atoms with van der Waals surface area (Å²) in [6, 6.07) is 21.5. The van der Waals surface area contributed by atoms with Crippen molar-refractivity contribution in [3.63, 3.8) is 0 Å². The highest BCUT2D eigenvalue weighted by Gasteiger charge is 2.31. The molecule has 3 aromatic rings. The van der Waals surface area contributed by atoms with Crippen LogP contribution in [0.3, 0.4) is 0 Å². The zero-order valence-corrected chi connectivity index (χ0v) is 16.9. The lowest BCUT2D eigenvalue weighted by molar-refractivity contribution is 0.0855. The second-order valence-corrected chi connectivity index (χ2v) is 8.05. The van der Waals surface area contributed by atoms with Crippen LogP contribution in [0, 0.1) is 0 Å². The molecule has 0 unspecified atom stereocenters. The smallest absolute Gasteiger partial charge is 0.267 e. The van der Waals surface area contributed by atoms with Crippen molar-refractivity contribution in [3.05, 3.63) is 90.0 Å². The molecular formula is C22H21NO5S. The third-order valence-corrected chi connectivity index (χ3v) is 6.08. The Kier molecular flexibility index (Phi) is 6.19. The van der Waals surface area contributed by atoms with E-state index >= 15 is 0 Å². The van der Waals surface area contributed by atoms with Gasteiger partial charge in [-0.05, 0) is 29.8 Å². The van der Waals surface area contributed by atoms with Crippen molar-refractivity contribution < 1.29 is 22.7 Å². The lowest BCUT2D eigenvalue weighted by atomic mass is 10.2. The van der Waals surface area contributed by atoms with Crippen LogP contribution in [0.4, 0.5) is 0 Å². The quantitative estimate of drug-likeness (QED) is 0.592. The van der Waals surface area contributed by atoms with Crippen LogP contribution in [-0.4, -0.2) is 32.8 Å². The van der Waals surface area contributed by atoms with E-state index < -0.39 is 15.9 Å². The van der Waals surface area contributed by atoms with Gasteiger partial charge in [0.1, 0.15) is 0 Å². The fourth-order valence-electron chi connectivity index (χ4n) is 2.84. The first-order valence-electron chi connectivity index (χ1n) is 8.85. The number of hydrogen-bond donors (Lipinski definition) is 0. The first kappa shape index (κ1) is 20.4. The molecule has 7 heteroatoms. The van der Waals surface area contributed by atoms with Crippen LogP contribution < -0.4 is 9.47 Å². The normalized spacial score (nSPS) is 11.0. The Morgan fingerprint density at radius 1 is 0.828 bits per heavy atom. The second kappa shape index (κ2) is 8.79. The zero-order valence-electron chi connectivity index (χ0n) is 16.1. The van der Waals surface area contributed by atoms with E-state index in [4.69, 9.17) is 9.47 Å². The number of carbonyl (C=O) groups excluding carboxylic acids is 1. The maximum Gasteiger partial charge on any atom is 0.267 e. The van der Waals surface area contributed by atoms with E-state index in [-0.39, 0.29) is 22.8 Å². The average molecular weight is 411 g/mol. The molecule has 0 aliphatic rings. The predicted molar refractivity (Wildman–Crippen MR) is 109 cm³/mol. The van der Waals surface area contributed by atoms with Crippen LogP contribution in [0.1, 0.15) is 15.9 Å². The molecule has 29 heavy (non-hydrogen) atoms. The number of hydrogen-bond acceptors (Lipinski definition) is 5. The third-order valence-electron chi connectivity index (χ3n) is 4.36. The van der Waals surface area contributed by atoms with E-state index in [1.54, 1.807) is 54.6 Å². The standard InChI is InChI=1S/C22H21NO5S/c1-27-20-14-13-19(15-21(20)28-2)29(25,26)23(16-17-9-5-3-6-10-17)22(24)18-11-7-4-8-12-18/h3-15H,16H2,1-2H3. The fraction of sp³-hybridized carbons (Fsp3) is 0.136. The number of nitrogens with zero attached hydrogens (tertiary/aromatic N) is 1. The summed E-state index contributed by atoms with van der Waals surface area (Å²) in [6.45, 7) is -0.0920. The van der Waals surface area contributed by atoms with Gasteiger partial charge < -0.3 is 9.47 Å². The molecule has 0 saturated carbocycles. The Labute approximate surface area is 170 Å². The monoisotopic (exact) mass is 411 g/mol. The van der Waals surface area contributed by atoms with E-state index in [2.05, 4.69) is 0 Å². The maximum atomic E-state index is 13.4. The topological polar surface area (TPSA) is 72.9 Å². The van der Waals surface area contributed by atoms with Gasteiger partial charge in [-0.3, -0.25) is 4.79 Å². The number of benzene rings is 3. The summed E-state index contributed by atoms with van der Waals surface area (Å²) in [5.74, 6) is 0.0556. The van der Waals surface area contributed by atoms with Gasteiger partial charge in [0.2, 0.25) is 0 Å². The van der Waals surface area contributed by atoms with Crippen LogP contribution in [0.5, 0.6) is 11.5 Å². The Morgan fingerprint density at radius 3 is 2.00 bits per heavy atom. The van der Waals surface area contributed by atoms with Crippen LogP contribution in [0.2, 0.25) is 0 Å². The second-order valence-electron chi connectivity index (χ2n) is 6.19. The first-order valence-corrected chi connectivity index (χ1v) is 10.3. The highest BCUT2D eigenvalue weighted by molar-refractivity contribution is 7.89. The predicted octanol–water partition coefficient (Wildman–Crippen LogP) is 3.74. The van der Waals surface area contributed by atoms with Gasteiger partial charge in [0.15, 0.2) is 11.5 Å². The number of ether oxygens (including phenoxy) is 2. The summed E-state index contributed by atoms with van der Waals surface area (Å²) < 4.78 is 38.1. The van der Waals surface area contributed by atoms with Gasteiger partial charge in [0.05, 0.1) is 25.7 Å². The average Bonchev–Trinajstić information content (AvgIpc) is 2.77. The van der Waals surface area contributed by atoms with E-state index in [9.17, 15) is 13.2 Å². The van der Waals surface area contributed by atoms with E-state index in [0.29, 0.717) is 11.3 Å². The zero-order chi connectivity index (χ0) is 20.9. The molecule has 0 radical (unpaired) electrons. The van der Waals surface area contributed by atoms with Crippen molar-refractivity contribution in [2.75, 3.05) is 14.2 Å².